The Bertz CT molecular complexity index is 928. The molecule has 0 aromatic carbocycles. The van der Waals surface area contributed by atoms with E-state index in [2.05, 4.69) is 13.2 Å². The Labute approximate surface area is 228 Å². The lowest BCUT2D eigenvalue weighted by Gasteiger charge is -2.44. The van der Waals surface area contributed by atoms with Crippen molar-refractivity contribution in [1.82, 2.24) is 9.80 Å². The van der Waals surface area contributed by atoms with Crippen molar-refractivity contribution in [2.45, 2.75) is 109 Å². The molecule has 2 unspecified atom stereocenters. The standard InChI is InChI=1S/C30H48N2O6/c1-9-13-14-18-37-27(36)23-22-25(34)32(21(19-33)20(5)11-3)24(26(35)31(17-10-2)28(6,7)8)30(22)16-15-29(23,12-4)38-30/h9-10,20-24,33H,1-2,11-19H2,3-8H3/t20-,21-,22-,23-,24?,29+,30?/m0/s1. The van der Waals surface area contributed by atoms with Crippen molar-refractivity contribution in [3.8, 4) is 0 Å². The number of allylic oxidation sites excluding steroid dienone is 1. The largest absolute Gasteiger partial charge is 0.465 e. The van der Waals surface area contributed by atoms with Crippen LogP contribution in [0.25, 0.3) is 0 Å². The van der Waals surface area contributed by atoms with Gasteiger partial charge in [0.25, 0.3) is 0 Å². The van der Waals surface area contributed by atoms with E-state index in [0.29, 0.717) is 32.2 Å². The molecule has 7 atom stereocenters. The minimum absolute atomic E-state index is 0.0568. The predicted octanol–water partition coefficient (Wildman–Crippen LogP) is 3.87. The molecule has 1 N–H and O–H groups in total. The topological polar surface area (TPSA) is 96.4 Å². The maximum atomic E-state index is 14.5. The van der Waals surface area contributed by atoms with Crippen molar-refractivity contribution in [2.24, 2.45) is 17.8 Å². The van der Waals surface area contributed by atoms with Gasteiger partial charge in [0.1, 0.15) is 17.6 Å². The first-order valence-electron chi connectivity index (χ1n) is 14.2. The number of hydrogen-bond donors (Lipinski definition) is 1. The summed E-state index contributed by atoms with van der Waals surface area (Å²) in [6.45, 7) is 19.6. The molecule has 8 nitrogen and oxygen atoms in total. The summed E-state index contributed by atoms with van der Waals surface area (Å²) in [5.74, 6) is -2.65. The van der Waals surface area contributed by atoms with Gasteiger partial charge in [0.05, 0.1) is 30.8 Å². The number of hydrogen-bond acceptors (Lipinski definition) is 6. The normalized spacial score (nSPS) is 31.6. The number of ether oxygens (including phenoxy) is 2. The number of esters is 1. The van der Waals surface area contributed by atoms with Gasteiger partial charge in [0, 0.05) is 12.1 Å². The zero-order chi connectivity index (χ0) is 28.5. The minimum Gasteiger partial charge on any atom is -0.465 e. The van der Waals surface area contributed by atoms with Crippen molar-refractivity contribution in [3.63, 3.8) is 0 Å². The number of aliphatic hydroxyl groups excluding tert-OH is 1. The molecule has 0 aromatic rings. The second-order valence-corrected chi connectivity index (χ2v) is 12.2. The third kappa shape index (κ3) is 4.83. The highest BCUT2D eigenvalue weighted by atomic mass is 16.6. The van der Waals surface area contributed by atoms with E-state index in [1.165, 1.54) is 0 Å². The average molecular weight is 533 g/mol. The van der Waals surface area contributed by atoms with E-state index >= 15 is 0 Å². The van der Waals surface area contributed by atoms with Crippen molar-refractivity contribution >= 4 is 17.8 Å². The van der Waals surface area contributed by atoms with Crippen LogP contribution in [-0.4, -0.2) is 81.3 Å². The summed E-state index contributed by atoms with van der Waals surface area (Å²) in [5, 5.41) is 10.5. The number of aliphatic hydroxyl groups is 1. The number of carbonyl (C=O) groups excluding carboxylic acids is 3. The van der Waals surface area contributed by atoms with Gasteiger partial charge in [-0.1, -0.05) is 39.3 Å². The van der Waals surface area contributed by atoms with Crippen LogP contribution in [0.15, 0.2) is 25.3 Å². The van der Waals surface area contributed by atoms with Gasteiger partial charge < -0.3 is 24.4 Å². The number of amides is 2. The summed E-state index contributed by atoms with van der Waals surface area (Å²) in [4.78, 5) is 45.8. The van der Waals surface area contributed by atoms with Gasteiger partial charge in [0.15, 0.2) is 0 Å². The highest BCUT2D eigenvalue weighted by Crippen LogP contribution is 2.65. The van der Waals surface area contributed by atoms with Crippen molar-refractivity contribution in [1.29, 1.82) is 0 Å². The van der Waals surface area contributed by atoms with Crippen LogP contribution in [0.4, 0.5) is 0 Å². The summed E-state index contributed by atoms with van der Waals surface area (Å²) in [6, 6.07) is -1.52. The van der Waals surface area contributed by atoms with Crippen LogP contribution >= 0.6 is 0 Å². The summed E-state index contributed by atoms with van der Waals surface area (Å²) in [6.07, 6.45) is 7.16. The van der Waals surface area contributed by atoms with Gasteiger partial charge in [-0.05, 0) is 58.8 Å². The third-order valence-electron chi connectivity index (χ3n) is 9.14. The molecule has 0 saturated carbocycles. The van der Waals surface area contributed by atoms with Crippen molar-refractivity contribution in [2.75, 3.05) is 19.8 Å². The highest BCUT2D eigenvalue weighted by Gasteiger charge is 2.79. The Balaban J connectivity index is 2.14. The van der Waals surface area contributed by atoms with Gasteiger partial charge >= 0.3 is 5.97 Å². The molecule has 3 heterocycles. The molecule has 3 fully saturated rings. The van der Waals surface area contributed by atoms with Crippen molar-refractivity contribution in [3.05, 3.63) is 25.3 Å². The van der Waals surface area contributed by atoms with Crippen LogP contribution in [0.2, 0.25) is 0 Å². The summed E-state index contributed by atoms with van der Waals surface area (Å²) in [5.41, 5.74) is -2.54. The van der Waals surface area contributed by atoms with E-state index in [0.717, 1.165) is 12.8 Å². The Hall–Kier alpha value is -2.19. The molecule has 3 aliphatic rings. The van der Waals surface area contributed by atoms with Crippen LogP contribution in [0.1, 0.15) is 80.1 Å². The maximum absolute atomic E-state index is 14.5. The smallest absolute Gasteiger partial charge is 0.312 e. The van der Waals surface area contributed by atoms with Gasteiger partial charge in [0.2, 0.25) is 11.8 Å². The summed E-state index contributed by atoms with van der Waals surface area (Å²) < 4.78 is 12.5. The first kappa shape index (κ1) is 30.4. The molecule has 0 aliphatic carbocycles. The number of rotatable bonds is 13. The first-order valence-corrected chi connectivity index (χ1v) is 14.2. The third-order valence-corrected chi connectivity index (χ3v) is 9.14. The fraction of sp³-hybridized carbons (Fsp3) is 0.767. The van der Waals surface area contributed by atoms with E-state index in [-0.39, 0.29) is 30.9 Å². The van der Waals surface area contributed by atoms with Crippen LogP contribution in [0.5, 0.6) is 0 Å². The molecule has 3 rings (SSSR count). The maximum Gasteiger partial charge on any atom is 0.312 e. The van der Waals surface area contributed by atoms with Gasteiger partial charge in [-0.2, -0.15) is 0 Å². The van der Waals surface area contributed by atoms with E-state index < -0.39 is 46.6 Å². The van der Waals surface area contributed by atoms with Crippen LogP contribution in [-0.2, 0) is 23.9 Å². The molecule has 214 valence electrons. The molecule has 2 amide bonds. The lowest BCUT2D eigenvalue weighted by molar-refractivity contribution is -0.165. The van der Waals surface area contributed by atoms with Crippen LogP contribution < -0.4 is 0 Å². The Morgan fingerprint density at radius 1 is 1.26 bits per heavy atom. The summed E-state index contributed by atoms with van der Waals surface area (Å²) in [7, 11) is 0. The van der Waals surface area contributed by atoms with E-state index in [1.54, 1.807) is 22.0 Å². The second kappa shape index (κ2) is 11.5. The molecular formula is C30H48N2O6. The van der Waals surface area contributed by atoms with Gasteiger partial charge in [-0.25, -0.2) is 0 Å². The molecular weight excluding hydrogens is 484 g/mol. The SMILES string of the molecule is C=CCCCOC(=O)[C@@H]1[C@H]2C(=O)N([C@@H](CO)[C@@H](C)CC)C(C(=O)N(CC=C)C(C)(C)C)C23CC[C@@]1(CC)O3. The number of unbranched alkanes of at least 4 members (excludes halogenated alkanes) is 1. The van der Waals surface area contributed by atoms with Crippen LogP contribution in [0, 0.1) is 17.8 Å². The van der Waals surface area contributed by atoms with E-state index in [1.807, 2.05) is 41.5 Å². The fourth-order valence-electron chi connectivity index (χ4n) is 6.93. The number of carbonyl (C=O) groups is 3. The molecule has 2 bridgehead atoms. The lowest BCUT2D eigenvalue weighted by atomic mass is 9.65. The molecule has 38 heavy (non-hydrogen) atoms. The number of fused-ring (bicyclic) bond motifs is 1. The quantitative estimate of drug-likeness (QED) is 0.220. The number of nitrogens with zero attached hydrogens (tertiary/aromatic N) is 2. The zero-order valence-corrected chi connectivity index (χ0v) is 24.2. The zero-order valence-electron chi connectivity index (χ0n) is 24.2. The lowest BCUT2D eigenvalue weighted by Crippen LogP contribution is -2.62. The van der Waals surface area contributed by atoms with Gasteiger partial charge in [-0.15, -0.1) is 13.2 Å². The Morgan fingerprint density at radius 3 is 2.47 bits per heavy atom. The number of likely N-dealkylation sites (tertiary alicyclic amines) is 1. The van der Waals surface area contributed by atoms with Gasteiger partial charge in [-0.3, -0.25) is 14.4 Å². The Morgan fingerprint density at radius 2 is 1.95 bits per heavy atom. The van der Waals surface area contributed by atoms with E-state index in [9.17, 15) is 19.5 Å². The molecule has 0 aromatic heterocycles. The highest BCUT2D eigenvalue weighted by molar-refractivity contribution is 5.99. The molecule has 3 saturated heterocycles. The molecule has 0 radical (unpaired) electrons. The minimum atomic E-state index is -1.15. The van der Waals surface area contributed by atoms with E-state index in [4.69, 9.17) is 9.47 Å². The molecule has 3 aliphatic heterocycles. The Kier molecular flexibility index (Phi) is 9.19. The average Bonchev–Trinajstić information content (AvgIpc) is 3.48. The first-order chi connectivity index (χ1) is 17.9. The fourth-order valence-corrected chi connectivity index (χ4v) is 6.93. The molecule has 1 spiro atoms. The monoisotopic (exact) mass is 532 g/mol. The van der Waals surface area contributed by atoms with Crippen LogP contribution in [0.3, 0.4) is 0 Å². The second-order valence-electron chi connectivity index (χ2n) is 12.2. The van der Waals surface area contributed by atoms with Crippen molar-refractivity contribution < 1.29 is 29.0 Å². The predicted molar refractivity (Wildman–Crippen MR) is 146 cm³/mol. The summed E-state index contributed by atoms with van der Waals surface area (Å²) >= 11 is 0. The molecule has 8 heteroatoms.